The van der Waals surface area contributed by atoms with Gasteiger partial charge in [0, 0.05) is 37.5 Å². The van der Waals surface area contributed by atoms with Crippen LogP contribution >= 0.6 is 0 Å². The number of fused-ring (bicyclic) bond motifs is 1. The molecule has 3 aromatic rings. The summed E-state index contributed by atoms with van der Waals surface area (Å²) in [4.78, 5) is 18.9. The molecule has 10 heteroatoms. The Kier molecular flexibility index (Phi) is 7.36. The first-order valence-corrected chi connectivity index (χ1v) is 11.7. The monoisotopic (exact) mass is 478 g/mol. The van der Waals surface area contributed by atoms with Gasteiger partial charge in [0.05, 0.1) is 48.3 Å². The zero-order chi connectivity index (χ0) is 24.9. The largest absolute Gasteiger partial charge is 0.492 e. The minimum absolute atomic E-state index is 0.136. The van der Waals surface area contributed by atoms with Crippen LogP contribution in [-0.4, -0.2) is 65.7 Å². The summed E-state index contributed by atoms with van der Waals surface area (Å²) in [7, 11) is 1.64. The van der Waals surface area contributed by atoms with Gasteiger partial charge in [-0.2, -0.15) is 10.4 Å². The summed E-state index contributed by atoms with van der Waals surface area (Å²) in [5, 5.41) is 16.8. The number of ether oxygens (including phenoxy) is 3. The third-order valence-electron chi connectivity index (χ3n) is 5.91. The SMILES string of the molecule is CCOc1cc(-c2ccc(N3CCC(NC(=O)OC(C)C)[C@H](OC)C3)nc2)c2c(C#N)cnn2c1. The second kappa shape index (κ2) is 10.6. The maximum Gasteiger partial charge on any atom is 0.407 e. The maximum atomic E-state index is 12.0. The van der Waals surface area contributed by atoms with Crippen molar-refractivity contribution in [2.45, 2.75) is 45.4 Å². The molecule has 0 spiro atoms. The third kappa shape index (κ3) is 5.30. The Morgan fingerprint density at radius 2 is 2.17 bits per heavy atom. The molecular formula is C25H30N6O4. The van der Waals surface area contributed by atoms with Crippen LogP contribution in [0.4, 0.5) is 10.6 Å². The first-order valence-electron chi connectivity index (χ1n) is 11.7. The van der Waals surface area contributed by atoms with Gasteiger partial charge in [-0.25, -0.2) is 14.3 Å². The second-order valence-electron chi connectivity index (χ2n) is 8.60. The lowest BCUT2D eigenvalue weighted by Gasteiger charge is -2.38. The van der Waals surface area contributed by atoms with Crippen LogP contribution in [0.5, 0.6) is 5.75 Å². The molecule has 10 nitrogen and oxygen atoms in total. The number of carbonyl (C=O) groups excluding carboxylic acids is 1. The summed E-state index contributed by atoms with van der Waals surface area (Å²) in [5.74, 6) is 1.48. The van der Waals surface area contributed by atoms with Gasteiger partial charge in [0.15, 0.2) is 0 Å². The maximum absolute atomic E-state index is 12.0. The number of pyridine rings is 2. The molecule has 1 aliphatic rings. The van der Waals surface area contributed by atoms with Crippen LogP contribution < -0.4 is 15.0 Å². The summed E-state index contributed by atoms with van der Waals surface area (Å²) in [6.45, 7) is 7.37. The Morgan fingerprint density at radius 1 is 1.34 bits per heavy atom. The molecule has 4 heterocycles. The molecule has 0 aliphatic carbocycles. The van der Waals surface area contributed by atoms with Crippen LogP contribution in [0.1, 0.15) is 32.8 Å². The summed E-state index contributed by atoms with van der Waals surface area (Å²) in [6.07, 6.45) is 5.01. The van der Waals surface area contributed by atoms with E-state index in [4.69, 9.17) is 19.2 Å². The van der Waals surface area contributed by atoms with Gasteiger partial charge in [-0.1, -0.05) is 0 Å². The van der Waals surface area contributed by atoms with Crippen molar-refractivity contribution in [3.8, 4) is 22.9 Å². The van der Waals surface area contributed by atoms with E-state index in [0.717, 1.165) is 16.9 Å². The van der Waals surface area contributed by atoms with Crippen molar-refractivity contribution in [3.05, 3.63) is 42.4 Å². The van der Waals surface area contributed by atoms with Crippen molar-refractivity contribution in [2.75, 3.05) is 31.7 Å². The Bertz CT molecular complexity index is 1220. The first-order chi connectivity index (χ1) is 16.9. The van der Waals surface area contributed by atoms with Crippen LogP contribution in [0.3, 0.4) is 0 Å². The number of methoxy groups -OCH3 is 1. The molecular weight excluding hydrogens is 448 g/mol. The molecule has 0 saturated carbocycles. The Hall–Kier alpha value is -3.84. The van der Waals surface area contributed by atoms with E-state index in [2.05, 4.69) is 21.4 Å². The van der Waals surface area contributed by atoms with Crippen molar-refractivity contribution in [1.82, 2.24) is 19.9 Å². The lowest BCUT2D eigenvalue weighted by atomic mass is 10.0. The fourth-order valence-corrected chi connectivity index (χ4v) is 4.30. The van der Waals surface area contributed by atoms with Crippen molar-refractivity contribution in [3.63, 3.8) is 0 Å². The molecule has 184 valence electrons. The molecule has 2 atom stereocenters. The number of nitrogens with one attached hydrogen (secondary N) is 1. The van der Waals surface area contributed by atoms with Gasteiger partial charge < -0.3 is 24.4 Å². The highest BCUT2D eigenvalue weighted by Crippen LogP contribution is 2.31. The number of nitriles is 1. The number of aromatic nitrogens is 3. The lowest BCUT2D eigenvalue weighted by molar-refractivity contribution is 0.0511. The van der Waals surface area contributed by atoms with Crippen LogP contribution in [0.25, 0.3) is 16.6 Å². The van der Waals surface area contributed by atoms with E-state index in [-0.39, 0.29) is 18.2 Å². The highest BCUT2D eigenvalue weighted by Gasteiger charge is 2.31. The number of piperidine rings is 1. The molecule has 1 fully saturated rings. The van der Waals surface area contributed by atoms with Crippen LogP contribution in [0.15, 0.2) is 36.8 Å². The Labute approximate surface area is 204 Å². The van der Waals surface area contributed by atoms with Crippen molar-refractivity contribution < 1.29 is 19.0 Å². The molecule has 0 aromatic carbocycles. The van der Waals surface area contributed by atoms with Gasteiger partial charge in [-0.15, -0.1) is 0 Å². The minimum Gasteiger partial charge on any atom is -0.492 e. The predicted molar refractivity (Wildman–Crippen MR) is 130 cm³/mol. The number of amides is 1. The smallest absolute Gasteiger partial charge is 0.407 e. The summed E-state index contributed by atoms with van der Waals surface area (Å²) in [6, 6.07) is 7.91. The number of nitrogens with zero attached hydrogens (tertiary/aromatic N) is 5. The van der Waals surface area contributed by atoms with Crippen LogP contribution in [-0.2, 0) is 9.47 Å². The number of hydrogen-bond donors (Lipinski definition) is 1. The van der Waals surface area contributed by atoms with Crippen LogP contribution in [0.2, 0.25) is 0 Å². The normalized spacial score (nSPS) is 17.9. The van der Waals surface area contributed by atoms with E-state index in [0.29, 0.717) is 42.9 Å². The number of rotatable bonds is 7. The van der Waals surface area contributed by atoms with Crippen LogP contribution in [0, 0.1) is 11.3 Å². The molecule has 35 heavy (non-hydrogen) atoms. The van der Waals surface area contributed by atoms with Gasteiger partial charge in [0.1, 0.15) is 17.6 Å². The average molecular weight is 479 g/mol. The molecule has 0 radical (unpaired) electrons. The van der Waals surface area contributed by atoms with Gasteiger partial charge >= 0.3 is 6.09 Å². The lowest BCUT2D eigenvalue weighted by Crippen LogP contribution is -2.55. The molecule has 1 N–H and O–H groups in total. The van der Waals surface area contributed by atoms with E-state index in [1.54, 1.807) is 30.2 Å². The summed E-state index contributed by atoms with van der Waals surface area (Å²) >= 11 is 0. The van der Waals surface area contributed by atoms with E-state index in [9.17, 15) is 10.1 Å². The average Bonchev–Trinajstić information content (AvgIpc) is 3.27. The zero-order valence-corrected chi connectivity index (χ0v) is 20.4. The van der Waals surface area contributed by atoms with E-state index in [1.807, 2.05) is 39.0 Å². The first kappa shape index (κ1) is 24.3. The highest BCUT2D eigenvalue weighted by atomic mass is 16.6. The molecule has 4 rings (SSSR count). The molecule has 0 bridgehead atoms. The van der Waals surface area contributed by atoms with Gasteiger partial charge in [-0.3, -0.25) is 0 Å². The Morgan fingerprint density at radius 3 is 2.83 bits per heavy atom. The molecule has 1 amide bonds. The predicted octanol–water partition coefficient (Wildman–Crippen LogP) is 3.39. The molecule has 1 saturated heterocycles. The fraction of sp³-hybridized carbons (Fsp3) is 0.440. The minimum atomic E-state index is -0.430. The number of alkyl carbamates (subject to hydrolysis) is 1. The number of anilines is 1. The Balaban J connectivity index is 1.54. The van der Waals surface area contributed by atoms with Crippen molar-refractivity contribution in [2.24, 2.45) is 0 Å². The molecule has 3 aromatic heterocycles. The summed E-state index contributed by atoms with van der Waals surface area (Å²) < 4.78 is 18.2. The highest BCUT2D eigenvalue weighted by molar-refractivity contribution is 5.85. The van der Waals surface area contributed by atoms with Gasteiger partial charge in [-0.05, 0) is 45.4 Å². The van der Waals surface area contributed by atoms with Crippen molar-refractivity contribution >= 4 is 17.4 Å². The van der Waals surface area contributed by atoms with Crippen molar-refractivity contribution in [1.29, 1.82) is 5.26 Å². The number of carbonyl (C=O) groups is 1. The van der Waals surface area contributed by atoms with E-state index in [1.165, 1.54) is 0 Å². The summed E-state index contributed by atoms with van der Waals surface area (Å²) in [5.41, 5.74) is 2.88. The zero-order valence-electron chi connectivity index (χ0n) is 20.4. The molecule has 1 aliphatic heterocycles. The number of hydrogen-bond acceptors (Lipinski definition) is 8. The third-order valence-corrected chi connectivity index (χ3v) is 5.91. The van der Waals surface area contributed by atoms with E-state index >= 15 is 0 Å². The quantitative estimate of drug-likeness (QED) is 0.550. The van der Waals surface area contributed by atoms with Gasteiger partial charge in [0.2, 0.25) is 0 Å². The second-order valence-corrected chi connectivity index (χ2v) is 8.60. The van der Waals surface area contributed by atoms with Gasteiger partial charge in [0.25, 0.3) is 0 Å². The van der Waals surface area contributed by atoms with E-state index < -0.39 is 6.09 Å². The molecule has 1 unspecified atom stereocenters. The standard InChI is InChI=1S/C25H30N6O4/c1-5-34-19-10-20(24-18(11-26)13-28-31(24)14-19)17-6-7-23(27-12-17)30-9-8-21(22(15-30)33-4)29-25(32)35-16(2)3/h6-7,10,12-14,16,21-22H,5,8-9,15H2,1-4H3,(H,29,32)/t21?,22-/m1/s1. The fourth-order valence-electron chi connectivity index (χ4n) is 4.30. The topological polar surface area (TPSA) is 114 Å².